The maximum Gasteiger partial charge on any atom is 0.308 e. The third kappa shape index (κ3) is 6.31. The largest absolute Gasteiger partial charge is 0.481 e. The van der Waals surface area contributed by atoms with E-state index in [2.05, 4.69) is 63.6 Å². The number of para-hydroxylation sites is 1. The Hall–Kier alpha value is -3.48. The highest BCUT2D eigenvalue weighted by Crippen LogP contribution is 2.29. The molecule has 2 N–H and O–H groups in total. The number of hydrogen-bond donors (Lipinski definition) is 2. The maximum atomic E-state index is 12.4. The number of nitrogens with one attached hydrogen (secondary N) is 1. The molecule has 0 aliphatic carbocycles. The second-order valence-electron chi connectivity index (χ2n) is 8.71. The van der Waals surface area contributed by atoms with Gasteiger partial charge in [0.1, 0.15) is 0 Å². The van der Waals surface area contributed by atoms with E-state index in [-0.39, 0.29) is 18.4 Å². The van der Waals surface area contributed by atoms with E-state index in [4.69, 9.17) is 0 Å². The Morgan fingerprint density at radius 3 is 1.76 bits per heavy atom. The lowest BCUT2D eigenvalue weighted by Crippen LogP contribution is -2.49. The molecule has 1 unspecified atom stereocenters. The molecular formula is C28H31N3O3. The molecule has 34 heavy (non-hydrogen) atoms. The average molecular weight is 458 g/mol. The van der Waals surface area contributed by atoms with Crippen molar-refractivity contribution in [3.63, 3.8) is 0 Å². The second-order valence-corrected chi connectivity index (χ2v) is 8.71. The fourth-order valence-corrected chi connectivity index (χ4v) is 4.59. The number of carbonyl (C=O) groups is 2. The van der Waals surface area contributed by atoms with Gasteiger partial charge in [-0.2, -0.15) is 0 Å². The highest BCUT2D eigenvalue weighted by atomic mass is 16.4. The number of piperazine rings is 1. The Balaban J connectivity index is 1.36. The molecule has 3 aromatic rings. The van der Waals surface area contributed by atoms with E-state index in [1.165, 1.54) is 11.1 Å². The van der Waals surface area contributed by atoms with E-state index in [1.807, 2.05) is 30.3 Å². The van der Waals surface area contributed by atoms with Crippen LogP contribution < -0.4 is 5.32 Å². The van der Waals surface area contributed by atoms with Crippen LogP contribution in [0.4, 0.5) is 5.69 Å². The highest BCUT2D eigenvalue weighted by Gasteiger charge is 2.29. The van der Waals surface area contributed by atoms with E-state index in [9.17, 15) is 14.7 Å². The van der Waals surface area contributed by atoms with Gasteiger partial charge in [-0.3, -0.25) is 19.4 Å². The van der Waals surface area contributed by atoms with Crippen LogP contribution in [0.25, 0.3) is 0 Å². The van der Waals surface area contributed by atoms with Crippen molar-refractivity contribution in [3.05, 3.63) is 102 Å². The SMILES string of the molecule is O=C(CC(CN1CCN(C(c2ccccc2)c2ccccc2)CC1)C(=O)O)Nc1ccccc1. The quantitative estimate of drug-likeness (QED) is 0.506. The van der Waals surface area contributed by atoms with Gasteiger partial charge < -0.3 is 10.4 Å². The van der Waals surface area contributed by atoms with Crippen molar-refractivity contribution in [2.75, 3.05) is 38.0 Å². The van der Waals surface area contributed by atoms with Crippen molar-refractivity contribution >= 4 is 17.6 Å². The first-order chi connectivity index (χ1) is 16.6. The molecule has 0 saturated carbocycles. The summed E-state index contributed by atoms with van der Waals surface area (Å²) in [7, 11) is 0. The van der Waals surface area contributed by atoms with Crippen molar-refractivity contribution in [2.24, 2.45) is 5.92 Å². The van der Waals surface area contributed by atoms with Crippen molar-refractivity contribution in [3.8, 4) is 0 Å². The molecule has 1 fully saturated rings. The fourth-order valence-electron chi connectivity index (χ4n) is 4.59. The number of anilines is 1. The summed E-state index contributed by atoms with van der Waals surface area (Å²) < 4.78 is 0. The molecule has 3 aromatic carbocycles. The first-order valence-corrected chi connectivity index (χ1v) is 11.7. The van der Waals surface area contributed by atoms with Crippen LogP contribution in [0.5, 0.6) is 0 Å². The van der Waals surface area contributed by atoms with E-state index >= 15 is 0 Å². The van der Waals surface area contributed by atoms with Crippen LogP contribution in [0.3, 0.4) is 0 Å². The number of carboxylic acid groups (broad SMARTS) is 1. The van der Waals surface area contributed by atoms with Crippen molar-refractivity contribution in [1.29, 1.82) is 0 Å². The molecule has 1 atom stereocenters. The standard InChI is InChI=1S/C28H31N3O3/c32-26(29-25-14-8-3-9-15-25)20-24(28(33)34)21-30-16-18-31(19-17-30)27(22-10-4-1-5-11-22)23-12-6-2-7-13-23/h1-15,24,27H,16-21H2,(H,29,32)(H,33,34). The van der Waals surface area contributed by atoms with E-state index in [1.54, 1.807) is 12.1 Å². The zero-order valence-corrected chi connectivity index (χ0v) is 19.2. The van der Waals surface area contributed by atoms with Crippen LogP contribution in [0.1, 0.15) is 23.6 Å². The normalized spacial score (nSPS) is 15.7. The van der Waals surface area contributed by atoms with Gasteiger partial charge >= 0.3 is 5.97 Å². The van der Waals surface area contributed by atoms with E-state index < -0.39 is 11.9 Å². The summed E-state index contributed by atoms with van der Waals surface area (Å²) in [5.74, 6) is -1.95. The lowest BCUT2D eigenvalue weighted by molar-refractivity contribution is -0.144. The van der Waals surface area contributed by atoms with Crippen LogP contribution in [0, 0.1) is 5.92 Å². The summed E-state index contributed by atoms with van der Waals surface area (Å²) in [5, 5.41) is 12.5. The summed E-state index contributed by atoms with van der Waals surface area (Å²) in [4.78, 5) is 28.9. The van der Waals surface area contributed by atoms with Gasteiger partial charge in [0, 0.05) is 44.8 Å². The summed E-state index contributed by atoms with van der Waals surface area (Å²) >= 11 is 0. The van der Waals surface area contributed by atoms with Crippen LogP contribution in [-0.4, -0.2) is 59.5 Å². The third-order valence-corrected chi connectivity index (χ3v) is 6.32. The van der Waals surface area contributed by atoms with Gasteiger partial charge in [0.2, 0.25) is 5.91 Å². The van der Waals surface area contributed by atoms with E-state index in [0.29, 0.717) is 12.2 Å². The lowest BCUT2D eigenvalue weighted by Gasteiger charge is -2.40. The third-order valence-electron chi connectivity index (χ3n) is 6.32. The molecule has 1 aliphatic rings. The van der Waals surface area contributed by atoms with Crippen LogP contribution >= 0.6 is 0 Å². The molecular weight excluding hydrogens is 426 g/mol. The molecule has 1 heterocycles. The second kappa shape index (κ2) is 11.6. The summed E-state index contributed by atoms with van der Waals surface area (Å²) in [6.07, 6.45) is -0.0406. The molecule has 1 amide bonds. The summed E-state index contributed by atoms with van der Waals surface area (Å²) in [5.41, 5.74) is 3.18. The number of rotatable bonds is 9. The van der Waals surface area contributed by atoms with Crippen molar-refractivity contribution in [1.82, 2.24) is 9.80 Å². The van der Waals surface area contributed by atoms with Crippen molar-refractivity contribution in [2.45, 2.75) is 12.5 Å². The molecule has 4 rings (SSSR count). The first kappa shape index (κ1) is 23.7. The Bertz CT molecular complexity index is 1010. The minimum atomic E-state index is -0.933. The van der Waals surface area contributed by atoms with Gasteiger partial charge in [-0.05, 0) is 23.3 Å². The number of nitrogens with zero attached hydrogens (tertiary/aromatic N) is 2. The molecule has 1 saturated heterocycles. The number of carboxylic acids is 1. The van der Waals surface area contributed by atoms with Crippen LogP contribution in [0.2, 0.25) is 0 Å². The van der Waals surface area contributed by atoms with Gasteiger partial charge in [0.05, 0.1) is 12.0 Å². The number of hydrogen-bond acceptors (Lipinski definition) is 4. The molecule has 1 aliphatic heterocycles. The molecule has 0 radical (unpaired) electrons. The smallest absolute Gasteiger partial charge is 0.308 e. The molecule has 6 nitrogen and oxygen atoms in total. The average Bonchev–Trinajstić information content (AvgIpc) is 2.87. The highest BCUT2D eigenvalue weighted by molar-refractivity contribution is 5.93. The molecule has 6 heteroatoms. The van der Waals surface area contributed by atoms with Gasteiger partial charge in [-0.1, -0.05) is 78.9 Å². The Morgan fingerprint density at radius 1 is 0.765 bits per heavy atom. The van der Waals surface area contributed by atoms with Crippen molar-refractivity contribution < 1.29 is 14.7 Å². The zero-order valence-electron chi connectivity index (χ0n) is 19.2. The topological polar surface area (TPSA) is 72.9 Å². The Morgan fingerprint density at radius 2 is 1.26 bits per heavy atom. The molecule has 0 aromatic heterocycles. The monoisotopic (exact) mass is 457 g/mol. The predicted octanol–water partition coefficient (Wildman–Crippen LogP) is 4.12. The molecule has 0 spiro atoms. The number of benzene rings is 3. The first-order valence-electron chi connectivity index (χ1n) is 11.7. The van der Waals surface area contributed by atoms with Gasteiger partial charge in [0.15, 0.2) is 0 Å². The van der Waals surface area contributed by atoms with Gasteiger partial charge in [-0.15, -0.1) is 0 Å². The zero-order chi connectivity index (χ0) is 23.8. The summed E-state index contributed by atoms with van der Waals surface area (Å²) in [6, 6.07) is 30.3. The lowest BCUT2D eigenvalue weighted by atomic mass is 9.96. The van der Waals surface area contributed by atoms with Gasteiger partial charge in [0.25, 0.3) is 0 Å². The predicted molar refractivity (Wildman–Crippen MR) is 134 cm³/mol. The summed E-state index contributed by atoms with van der Waals surface area (Å²) in [6.45, 7) is 3.56. The van der Waals surface area contributed by atoms with Crippen LogP contribution in [-0.2, 0) is 9.59 Å². The van der Waals surface area contributed by atoms with E-state index in [0.717, 1.165) is 26.2 Å². The number of amides is 1. The maximum absolute atomic E-state index is 12.4. The Kier molecular flexibility index (Phi) is 8.07. The fraction of sp³-hybridized carbons (Fsp3) is 0.286. The Labute approximate surface area is 200 Å². The number of aliphatic carboxylic acids is 1. The minimum absolute atomic E-state index is 0.0406. The minimum Gasteiger partial charge on any atom is -0.481 e. The van der Waals surface area contributed by atoms with Crippen LogP contribution in [0.15, 0.2) is 91.0 Å². The molecule has 0 bridgehead atoms. The molecule has 176 valence electrons. The number of carbonyl (C=O) groups excluding carboxylic acids is 1. The van der Waals surface area contributed by atoms with Gasteiger partial charge in [-0.25, -0.2) is 0 Å².